The number of nitriles is 1. The van der Waals surface area contributed by atoms with Gasteiger partial charge in [-0.05, 0) is 12.5 Å². The van der Waals surface area contributed by atoms with Crippen LogP contribution in [0.2, 0.25) is 0 Å². The van der Waals surface area contributed by atoms with Crippen LogP contribution in [0.4, 0.5) is 0 Å². The largest absolute Gasteiger partial charge is 0.387 e. The first-order valence-electron chi connectivity index (χ1n) is 3.85. The van der Waals surface area contributed by atoms with Gasteiger partial charge in [0.2, 0.25) is 0 Å². The highest BCUT2D eigenvalue weighted by Crippen LogP contribution is 2.15. The molecule has 12 heavy (non-hydrogen) atoms. The minimum Gasteiger partial charge on any atom is -0.387 e. The van der Waals surface area contributed by atoms with E-state index >= 15 is 0 Å². The summed E-state index contributed by atoms with van der Waals surface area (Å²) < 4.78 is 0. The van der Waals surface area contributed by atoms with Gasteiger partial charge in [-0.25, -0.2) is 0 Å². The highest BCUT2D eigenvalue weighted by molar-refractivity contribution is 5.23. The van der Waals surface area contributed by atoms with E-state index in [4.69, 9.17) is 5.26 Å². The summed E-state index contributed by atoms with van der Waals surface area (Å²) in [5.74, 6) is 0. The third kappa shape index (κ3) is 2.08. The average Bonchev–Trinajstić information content (AvgIpc) is 2.06. The van der Waals surface area contributed by atoms with Crippen molar-refractivity contribution in [1.82, 2.24) is 0 Å². The molecule has 0 aliphatic rings. The molecule has 0 aliphatic heterocycles. The lowest BCUT2D eigenvalue weighted by atomic mass is 10.1. The summed E-state index contributed by atoms with van der Waals surface area (Å²) in [4.78, 5) is 0. The van der Waals surface area contributed by atoms with Crippen molar-refractivity contribution in [2.45, 2.75) is 19.4 Å². The fourth-order valence-electron chi connectivity index (χ4n) is 0.993. The second kappa shape index (κ2) is 3.89. The minimum absolute atomic E-state index is 0.156. The lowest BCUT2D eigenvalue weighted by Crippen LogP contribution is -1.95. The van der Waals surface area contributed by atoms with Crippen molar-refractivity contribution < 1.29 is 5.11 Å². The fourth-order valence-corrected chi connectivity index (χ4v) is 0.993. The second-order valence-electron chi connectivity index (χ2n) is 2.79. The number of aliphatic hydroxyl groups is 1. The van der Waals surface area contributed by atoms with Crippen LogP contribution in [0.25, 0.3) is 0 Å². The Morgan fingerprint density at radius 3 is 2.50 bits per heavy atom. The molecule has 62 valence electrons. The molecule has 1 unspecified atom stereocenters. The molecule has 0 aromatic heterocycles. The van der Waals surface area contributed by atoms with Crippen LogP contribution in [0, 0.1) is 18.3 Å². The lowest BCUT2D eigenvalue weighted by Gasteiger charge is -2.05. The van der Waals surface area contributed by atoms with E-state index in [0.717, 1.165) is 11.1 Å². The monoisotopic (exact) mass is 161 g/mol. The Morgan fingerprint density at radius 2 is 2.00 bits per heavy atom. The maximum atomic E-state index is 9.39. The van der Waals surface area contributed by atoms with Crippen molar-refractivity contribution in [1.29, 1.82) is 5.26 Å². The molecule has 0 heterocycles. The van der Waals surface area contributed by atoms with Gasteiger partial charge in [-0.15, -0.1) is 0 Å². The van der Waals surface area contributed by atoms with E-state index in [0.29, 0.717) is 0 Å². The van der Waals surface area contributed by atoms with Gasteiger partial charge in [-0.1, -0.05) is 29.8 Å². The SMILES string of the molecule is Cc1ccc(C(O)CC#N)cc1. The molecular formula is C10H11NO. The summed E-state index contributed by atoms with van der Waals surface area (Å²) in [5.41, 5.74) is 1.96. The van der Waals surface area contributed by atoms with Crippen molar-refractivity contribution in [3.63, 3.8) is 0 Å². The summed E-state index contributed by atoms with van der Waals surface area (Å²) in [6.07, 6.45) is -0.487. The van der Waals surface area contributed by atoms with E-state index in [-0.39, 0.29) is 6.42 Å². The normalized spacial score (nSPS) is 12.1. The molecule has 0 radical (unpaired) electrons. The molecule has 1 aromatic rings. The standard InChI is InChI=1S/C10H11NO/c1-8-2-4-9(5-3-8)10(12)6-7-11/h2-5,10,12H,6H2,1H3. The molecule has 1 rings (SSSR count). The van der Waals surface area contributed by atoms with Gasteiger partial charge >= 0.3 is 0 Å². The first-order valence-corrected chi connectivity index (χ1v) is 3.85. The molecule has 0 amide bonds. The van der Waals surface area contributed by atoms with Crippen LogP contribution in [0.1, 0.15) is 23.7 Å². The van der Waals surface area contributed by atoms with E-state index in [2.05, 4.69) is 0 Å². The zero-order valence-corrected chi connectivity index (χ0v) is 6.99. The third-order valence-corrected chi connectivity index (χ3v) is 1.75. The number of hydrogen-bond donors (Lipinski definition) is 1. The quantitative estimate of drug-likeness (QED) is 0.720. The van der Waals surface area contributed by atoms with Crippen LogP contribution in [0.3, 0.4) is 0 Å². The van der Waals surface area contributed by atoms with Crippen molar-refractivity contribution in [2.24, 2.45) is 0 Å². The molecular weight excluding hydrogens is 150 g/mol. The Morgan fingerprint density at radius 1 is 1.42 bits per heavy atom. The van der Waals surface area contributed by atoms with Crippen molar-refractivity contribution in [2.75, 3.05) is 0 Å². The summed E-state index contributed by atoms with van der Waals surface area (Å²) in [5, 5.41) is 17.7. The third-order valence-electron chi connectivity index (χ3n) is 1.75. The number of benzene rings is 1. The topological polar surface area (TPSA) is 44.0 Å². The molecule has 1 atom stereocenters. The highest BCUT2D eigenvalue weighted by atomic mass is 16.3. The Bertz CT molecular complexity index is 284. The predicted molar refractivity (Wildman–Crippen MR) is 46.4 cm³/mol. The molecule has 1 aromatic carbocycles. The van der Waals surface area contributed by atoms with Gasteiger partial charge in [0.1, 0.15) is 0 Å². The molecule has 0 saturated carbocycles. The highest BCUT2D eigenvalue weighted by Gasteiger charge is 2.04. The summed E-state index contributed by atoms with van der Waals surface area (Å²) in [6.45, 7) is 1.99. The van der Waals surface area contributed by atoms with Crippen LogP contribution in [0.15, 0.2) is 24.3 Å². The van der Waals surface area contributed by atoms with Crippen molar-refractivity contribution >= 4 is 0 Å². The van der Waals surface area contributed by atoms with E-state index in [1.807, 2.05) is 37.3 Å². The maximum absolute atomic E-state index is 9.39. The van der Waals surface area contributed by atoms with Crippen LogP contribution >= 0.6 is 0 Å². The first kappa shape index (κ1) is 8.76. The number of aryl methyl sites for hydroxylation is 1. The maximum Gasteiger partial charge on any atom is 0.0919 e. The predicted octanol–water partition coefficient (Wildman–Crippen LogP) is 1.94. The van der Waals surface area contributed by atoms with Crippen LogP contribution < -0.4 is 0 Å². The molecule has 2 heteroatoms. The summed E-state index contributed by atoms with van der Waals surface area (Å²) in [7, 11) is 0. The van der Waals surface area contributed by atoms with Crippen LogP contribution in [-0.2, 0) is 0 Å². The molecule has 2 nitrogen and oxygen atoms in total. The van der Waals surface area contributed by atoms with Crippen LogP contribution in [-0.4, -0.2) is 5.11 Å². The minimum atomic E-state index is -0.643. The Balaban J connectivity index is 2.76. The van der Waals surface area contributed by atoms with E-state index < -0.39 is 6.10 Å². The van der Waals surface area contributed by atoms with Gasteiger partial charge in [-0.2, -0.15) is 5.26 Å². The zero-order chi connectivity index (χ0) is 8.97. The van der Waals surface area contributed by atoms with Crippen molar-refractivity contribution in [3.05, 3.63) is 35.4 Å². The van der Waals surface area contributed by atoms with E-state index in [1.165, 1.54) is 0 Å². The summed E-state index contributed by atoms with van der Waals surface area (Å²) >= 11 is 0. The summed E-state index contributed by atoms with van der Waals surface area (Å²) in [6, 6.07) is 9.47. The molecule has 0 spiro atoms. The molecule has 0 saturated heterocycles. The Hall–Kier alpha value is -1.33. The number of aliphatic hydroxyl groups excluding tert-OH is 1. The first-order chi connectivity index (χ1) is 5.74. The van der Waals surface area contributed by atoms with E-state index in [9.17, 15) is 5.11 Å². The molecule has 1 N–H and O–H groups in total. The van der Waals surface area contributed by atoms with Gasteiger partial charge in [0.25, 0.3) is 0 Å². The fraction of sp³-hybridized carbons (Fsp3) is 0.300. The van der Waals surface area contributed by atoms with Gasteiger partial charge < -0.3 is 5.11 Å². The van der Waals surface area contributed by atoms with Gasteiger partial charge in [0, 0.05) is 0 Å². The smallest absolute Gasteiger partial charge is 0.0919 e. The van der Waals surface area contributed by atoms with Crippen LogP contribution in [0.5, 0.6) is 0 Å². The Kier molecular flexibility index (Phi) is 2.84. The molecule has 0 aliphatic carbocycles. The van der Waals surface area contributed by atoms with Gasteiger partial charge in [-0.3, -0.25) is 0 Å². The number of hydrogen-bond acceptors (Lipinski definition) is 2. The Labute approximate surface area is 72.1 Å². The second-order valence-corrected chi connectivity index (χ2v) is 2.79. The number of rotatable bonds is 2. The van der Waals surface area contributed by atoms with Gasteiger partial charge in [0.05, 0.1) is 18.6 Å². The van der Waals surface area contributed by atoms with Gasteiger partial charge in [0.15, 0.2) is 0 Å². The number of nitrogens with zero attached hydrogens (tertiary/aromatic N) is 1. The average molecular weight is 161 g/mol. The molecule has 0 bridgehead atoms. The zero-order valence-electron chi connectivity index (χ0n) is 6.99. The lowest BCUT2D eigenvalue weighted by molar-refractivity contribution is 0.183. The molecule has 0 fully saturated rings. The van der Waals surface area contributed by atoms with E-state index in [1.54, 1.807) is 0 Å². The van der Waals surface area contributed by atoms with Crippen molar-refractivity contribution in [3.8, 4) is 6.07 Å².